The van der Waals surface area contributed by atoms with E-state index in [1.54, 1.807) is 0 Å². The maximum atomic E-state index is 11.4. The predicted octanol–water partition coefficient (Wildman–Crippen LogP) is 2.08. The van der Waals surface area contributed by atoms with Gasteiger partial charge < -0.3 is 15.6 Å². The molecule has 2 atom stereocenters. The van der Waals surface area contributed by atoms with Gasteiger partial charge in [0.1, 0.15) is 6.04 Å². The van der Waals surface area contributed by atoms with Crippen molar-refractivity contribution in [1.29, 1.82) is 0 Å². The Labute approximate surface area is 109 Å². The second kappa shape index (κ2) is 9.88. The number of unbranched alkanes of at least 4 members (excludes halogenated alkanes) is 3. The molecular weight excluding hydrogens is 234 g/mol. The zero-order valence-corrected chi connectivity index (χ0v) is 11.4. The molecule has 0 aromatic rings. The molecule has 0 saturated heterocycles. The van der Waals surface area contributed by atoms with Crippen LogP contribution >= 0.6 is 0 Å². The average Bonchev–Trinajstić information content (AvgIpc) is 2.31. The number of carboxylic acids is 1. The summed E-state index contributed by atoms with van der Waals surface area (Å²) in [5, 5.41) is 8.57. The van der Waals surface area contributed by atoms with Crippen molar-refractivity contribution in [3.05, 3.63) is 0 Å². The minimum Gasteiger partial charge on any atom is -0.480 e. The lowest BCUT2D eigenvalue weighted by molar-refractivity contribution is -0.149. The summed E-state index contributed by atoms with van der Waals surface area (Å²) in [6.07, 6.45) is 5.53. The molecule has 0 saturated carbocycles. The summed E-state index contributed by atoms with van der Waals surface area (Å²) >= 11 is 0. The van der Waals surface area contributed by atoms with E-state index in [1.807, 2.05) is 6.92 Å². The topological polar surface area (TPSA) is 89.6 Å². The first kappa shape index (κ1) is 16.9. The van der Waals surface area contributed by atoms with Crippen molar-refractivity contribution in [1.82, 2.24) is 0 Å². The van der Waals surface area contributed by atoms with Gasteiger partial charge in [0.2, 0.25) is 0 Å². The molecule has 0 aliphatic heterocycles. The highest BCUT2D eigenvalue weighted by molar-refractivity contribution is 5.75. The van der Waals surface area contributed by atoms with Gasteiger partial charge >= 0.3 is 11.9 Å². The number of carbonyl (C=O) groups is 2. The van der Waals surface area contributed by atoms with Gasteiger partial charge in [-0.05, 0) is 26.2 Å². The monoisotopic (exact) mass is 259 g/mol. The van der Waals surface area contributed by atoms with Crippen LogP contribution in [0.3, 0.4) is 0 Å². The number of rotatable bonds is 10. The number of hydrogen-bond donors (Lipinski definition) is 2. The van der Waals surface area contributed by atoms with E-state index in [4.69, 9.17) is 15.6 Å². The van der Waals surface area contributed by atoms with E-state index in [0.717, 1.165) is 19.3 Å². The lowest BCUT2D eigenvalue weighted by Crippen LogP contribution is -2.31. The maximum absolute atomic E-state index is 11.4. The van der Waals surface area contributed by atoms with Crippen LogP contribution in [0.5, 0.6) is 0 Å². The summed E-state index contributed by atoms with van der Waals surface area (Å²) in [5.41, 5.74) is 5.30. The lowest BCUT2D eigenvalue weighted by atomic mass is 10.1. The minimum atomic E-state index is -1.09. The van der Waals surface area contributed by atoms with Crippen molar-refractivity contribution < 1.29 is 19.4 Å². The molecule has 106 valence electrons. The van der Waals surface area contributed by atoms with Gasteiger partial charge in [-0.3, -0.25) is 9.59 Å². The number of esters is 1. The molecule has 0 spiro atoms. The van der Waals surface area contributed by atoms with Crippen LogP contribution in [0, 0.1) is 0 Å². The molecule has 0 aromatic carbocycles. The van der Waals surface area contributed by atoms with E-state index in [-0.39, 0.29) is 24.9 Å². The molecule has 5 heteroatoms. The fourth-order valence-corrected chi connectivity index (χ4v) is 1.60. The molecule has 5 nitrogen and oxygen atoms in total. The molecule has 0 aliphatic carbocycles. The molecule has 0 amide bonds. The van der Waals surface area contributed by atoms with Crippen molar-refractivity contribution in [3.8, 4) is 0 Å². The van der Waals surface area contributed by atoms with Gasteiger partial charge in [0, 0.05) is 6.42 Å². The SMILES string of the molecule is CCCCCCC(C)OC(=O)CC[C@H](N)C(=O)O. The van der Waals surface area contributed by atoms with Crippen LogP contribution in [-0.2, 0) is 14.3 Å². The highest BCUT2D eigenvalue weighted by Gasteiger charge is 2.15. The molecular formula is C13H25NO4. The fourth-order valence-electron chi connectivity index (χ4n) is 1.60. The van der Waals surface area contributed by atoms with Crippen LogP contribution in [0.4, 0.5) is 0 Å². The molecule has 1 unspecified atom stereocenters. The molecule has 0 radical (unpaired) electrons. The van der Waals surface area contributed by atoms with Crippen LogP contribution in [0.2, 0.25) is 0 Å². The summed E-state index contributed by atoms with van der Waals surface area (Å²) in [5.74, 6) is -1.45. The molecule has 18 heavy (non-hydrogen) atoms. The summed E-state index contributed by atoms with van der Waals surface area (Å²) in [6.45, 7) is 4.01. The Hall–Kier alpha value is -1.10. The van der Waals surface area contributed by atoms with Crippen molar-refractivity contribution in [3.63, 3.8) is 0 Å². The molecule has 3 N–H and O–H groups in total. The Morgan fingerprint density at radius 1 is 1.22 bits per heavy atom. The summed E-state index contributed by atoms with van der Waals surface area (Å²) in [6, 6.07) is -0.989. The van der Waals surface area contributed by atoms with Crippen molar-refractivity contribution in [2.24, 2.45) is 5.73 Å². The van der Waals surface area contributed by atoms with Gasteiger partial charge in [-0.1, -0.05) is 26.2 Å². The lowest BCUT2D eigenvalue weighted by Gasteiger charge is -2.13. The van der Waals surface area contributed by atoms with E-state index in [1.165, 1.54) is 12.8 Å². The zero-order valence-electron chi connectivity index (χ0n) is 11.4. The van der Waals surface area contributed by atoms with E-state index in [0.29, 0.717) is 0 Å². The number of nitrogens with two attached hydrogens (primary N) is 1. The van der Waals surface area contributed by atoms with Gasteiger partial charge in [0.05, 0.1) is 6.10 Å². The summed E-state index contributed by atoms with van der Waals surface area (Å²) < 4.78 is 5.17. The van der Waals surface area contributed by atoms with Crippen LogP contribution in [0.1, 0.15) is 58.8 Å². The van der Waals surface area contributed by atoms with Crippen molar-refractivity contribution in [2.45, 2.75) is 70.9 Å². The van der Waals surface area contributed by atoms with Gasteiger partial charge in [-0.25, -0.2) is 0 Å². The predicted molar refractivity (Wildman–Crippen MR) is 69.2 cm³/mol. The summed E-state index contributed by atoms with van der Waals surface area (Å²) in [7, 11) is 0. The second-order valence-electron chi connectivity index (χ2n) is 4.63. The largest absolute Gasteiger partial charge is 0.480 e. The van der Waals surface area contributed by atoms with Crippen molar-refractivity contribution in [2.75, 3.05) is 0 Å². The highest BCUT2D eigenvalue weighted by Crippen LogP contribution is 2.09. The molecule has 0 heterocycles. The Kier molecular flexibility index (Phi) is 9.28. The molecule has 0 bridgehead atoms. The van der Waals surface area contributed by atoms with Gasteiger partial charge in [0.15, 0.2) is 0 Å². The number of aliphatic carboxylic acids is 1. The standard InChI is InChI=1S/C13H25NO4/c1-3-4-5-6-7-10(2)18-12(15)9-8-11(14)13(16)17/h10-11H,3-9,14H2,1-2H3,(H,16,17)/t10?,11-/m0/s1. The maximum Gasteiger partial charge on any atom is 0.320 e. The number of hydrogen-bond acceptors (Lipinski definition) is 4. The van der Waals surface area contributed by atoms with Crippen LogP contribution < -0.4 is 5.73 Å². The smallest absolute Gasteiger partial charge is 0.320 e. The van der Waals surface area contributed by atoms with Gasteiger partial charge in [-0.2, -0.15) is 0 Å². The second-order valence-corrected chi connectivity index (χ2v) is 4.63. The van der Waals surface area contributed by atoms with Crippen LogP contribution in [0.25, 0.3) is 0 Å². The zero-order chi connectivity index (χ0) is 14.0. The summed E-state index contributed by atoms with van der Waals surface area (Å²) in [4.78, 5) is 21.9. The first-order valence-corrected chi connectivity index (χ1v) is 6.65. The molecule has 0 rings (SSSR count). The number of carbonyl (C=O) groups excluding carboxylic acids is 1. The minimum absolute atomic E-state index is 0.0623. The Balaban J connectivity index is 3.64. The third-order valence-electron chi connectivity index (χ3n) is 2.77. The Morgan fingerprint density at radius 2 is 1.89 bits per heavy atom. The van der Waals surface area contributed by atoms with Gasteiger partial charge in [-0.15, -0.1) is 0 Å². The van der Waals surface area contributed by atoms with E-state index >= 15 is 0 Å². The number of ether oxygens (including phenoxy) is 1. The van der Waals surface area contributed by atoms with Gasteiger partial charge in [0.25, 0.3) is 0 Å². The normalized spacial score (nSPS) is 13.9. The molecule has 0 aliphatic rings. The van der Waals surface area contributed by atoms with Crippen LogP contribution in [0.15, 0.2) is 0 Å². The first-order valence-electron chi connectivity index (χ1n) is 6.65. The first-order chi connectivity index (χ1) is 8.47. The third kappa shape index (κ3) is 8.98. The Morgan fingerprint density at radius 3 is 2.44 bits per heavy atom. The Bertz CT molecular complexity index is 255. The number of carboxylic acid groups (broad SMARTS) is 1. The van der Waals surface area contributed by atoms with Crippen molar-refractivity contribution >= 4 is 11.9 Å². The third-order valence-corrected chi connectivity index (χ3v) is 2.77. The van der Waals surface area contributed by atoms with E-state index < -0.39 is 12.0 Å². The quantitative estimate of drug-likeness (QED) is 0.463. The fraction of sp³-hybridized carbons (Fsp3) is 0.846. The highest BCUT2D eigenvalue weighted by atomic mass is 16.5. The van der Waals surface area contributed by atoms with E-state index in [2.05, 4.69) is 6.92 Å². The average molecular weight is 259 g/mol. The van der Waals surface area contributed by atoms with Crippen LogP contribution in [-0.4, -0.2) is 29.2 Å². The molecule has 0 aromatic heterocycles. The van der Waals surface area contributed by atoms with E-state index in [9.17, 15) is 9.59 Å². The molecule has 0 fully saturated rings.